The Balaban J connectivity index is 1.69. The fourth-order valence-electron chi connectivity index (χ4n) is 2.29. The van der Waals surface area contributed by atoms with Crippen molar-refractivity contribution in [3.8, 4) is 11.3 Å². The Morgan fingerprint density at radius 1 is 1.24 bits per heavy atom. The summed E-state index contributed by atoms with van der Waals surface area (Å²) in [4.78, 5) is 16.2. The van der Waals surface area contributed by atoms with Gasteiger partial charge in [-0.25, -0.2) is 4.98 Å². The summed E-state index contributed by atoms with van der Waals surface area (Å²) < 4.78 is 10.5. The van der Waals surface area contributed by atoms with E-state index < -0.39 is 5.54 Å². The summed E-state index contributed by atoms with van der Waals surface area (Å²) in [5.74, 6) is 0.519. The van der Waals surface area contributed by atoms with Gasteiger partial charge in [0, 0.05) is 24.5 Å². The molecule has 0 atom stereocenters. The summed E-state index contributed by atoms with van der Waals surface area (Å²) in [7, 11) is 0. The van der Waals surface area contributed by atoms with Crippen molar-refractivity contribution in [3.63, 3.8) is 0 Å². The molecule has 1 aliphatic heterocycles. The average Bonchev–Trinajstić information content (AvgIpc) is 3.03. The largest absolute Gasteiger partial charge is 0.444 e. The monoisotopic (exact) mass is 287 g/mol. The normalized spacial score (nSPS) is 17.4. The molecular formula is C15H17N3O3. The highest BCUT2D eigenvalue weighted by Gasteiger charge is 2.35. The summed E-state index contributed by atoms with van der Waals surface area (Å²) in [6.07, 6.45) is 4.10. The molecule has 0 saturated carbocycles. The molecule has 1 saturated heterocycles. The van der Waals surface area contributed by atoms with Crippen LogP contribution in [0.4, 0.5) is 5.69 Å². The van der Waals surface area contributed by atoms with Gasteiger partial charge in [-0.3, -0.25) is 4.79 Å². The van der Waals surface area contributed by atoms with Crippen molar-refractivity contribution in [3.05, 3.63) is 36.9 Å². The molecule has 1 fully saturated rings. The Morgan fingerprint density at radius 2 is 1.95 bits per heavy atom. The molecule has 21 heavy (non-hydrogen) atoms. The smallest absolute Gasteiger partial charge is 0.244 e. The third-order valence-corrected chi connectivity index (χ3v) is 3.70. The molecule has 6 nitrogen and oxygen atoms in total. The molecule has 1 aromatic heterocycles. The van der Waals surface area contributed by atoms with Gasteiger partial charge in [0.15, 0.2) is 12.2 Å². The van der Waals surface area contributed by atoms with Crippen LogP contribution in [-0.2, 0) is 9.53 Å². The number of amides is 1. The fraction of sp³-hybridized carbons (Fsp3) is 0.333. The van der Waals surface area contributed by atoms with Crippen LogP contribution < -0.4 is 11.1 Å². The van der Waals surface area contributed by atoms with E-state index >= 15 is 0 Å². The fourth-order valence-corrected chi connectivity index (χ4v) is 2.29. The van der Waals surface area contributed by atoms with Crippen LogP contribution in [0.1, 0.15) is 12.8 Å². The standard InChI is InChI=1S/C15H17N3O3/c16-15(5-7-20-8-6-15)14(19)18-12-3-1-11(2-4-12)13-9-17-10-21-13/h1-4,9-10H,5-8,16H2,(H,18,19). The number of aromatic nitrogens is 1. The third kappa shape index (κ3) is 2.96. The van der Waals surface area contributed by atoms with Crippen molar-refractivity contribution in [2.75, 3.05) is 18.5 Å². The predicted molar refractivity (Wildman–Crippen MR) is 77.5 cm³/mol. The van der Waals surface area contributed by atoms with Crippen LogP contribution in [0.3, 0.4) is 0 Å². The van der Waals surface area contributed by atoms with E-state index in [2.05, 4.69) is 10.3 Å². The van der Waals surface area contributed by atoms with Crippen LogP contribution in [0.15, 0.2) is 41.3 Å². The van der Waals surface area contributed by atoms with Crippen LogP contribution in [0, 0.1) is 0 Å². The maximum atomic E-state index is 12.3. The summed E-state index contributed by atoms with van der Waals surface area (Å²) >= 11 is 0. The molecular weight excluding hydrogens is 270 g/mol. The van der Waals surface area contributed by atoms with Gasteiger partial charge >= 0.3 is 0 Å². The van der Waals surface area contributed by atoms with Gasteiger partial charge in [-0.05, 0) is 37.1 Å². The van der Waals surface area contributed by atoms with E-state index in [-0.39, 0.29) is 5.91 Å². The van der Waals surface area contributed by atoms with E-state index in [0.29, 0.717) is 37.5 Å². The Morgan fingerprint density at radius 3 is 2.57 bits per heavy atom. The van der Waals surface area contributed by atoms with Gasteiger partial charge < -0.3 is 20.2 Å². The molecule has 0 bridgehead atoms. The SMILES string of the molecule is NC1(C(=O)Nc2ccc(-c3cnco3)cc2)CCOCC1. The lowest BCUT2D eigenvalue weighted by Crippen LogP contribution is -2.54. The molecule has 1 aliphatic rings. The second-order valence-corrected chi connectivity index (χ2v) is 5.17. The first-order valence-corrected chi connectivity index (χ1v) is 6.84. The minimum atomic E-state index is -0.845. The molecule has 0 radical (unpaired) electrons. The van der Waals surface area contributed by atoms with Gasteiger partial charge in [0.2, 0.25) is 5.91 Å². The number of oxazole rings is 1. The van der Waals surface area contributed by atoms with E-state index in [4.69, 9.17) is 14.9 Å². The lowest BCUT2D eigenvalue weighted by Gasteiger charge is -2.31. The van der Waals surface area contributed by atoms with Crippen molar-refractivity contribution in [1.82, 2.24) is 4.98 Å². The minimum absolute atomic E-state index is 0.168. The summed E-state index contributed by atoms with van der Waals surface area (Å²) in [6.45, 7) is 1.04. The second kappa shape index (κ2) is 5.67. The van der Waals surface area contributed by atoms with Crippen molar-refractivity contribution in [2.45, 2.75) is 18.4 Å². The number of hydrogen-bond donors (Lipinski definition) is 2. The number of nitrogens with zero attached hydrogens (tertiary/aromatic N) is 1. The Labute approximate surface area is 122 Å². The Bertz CT molecular complexity index is 602. The molecule has 0 unspecified atom stereocenters. The number of carbonyl (C=O) groups excluding carboxylic acids is 1. The van der Waals surface area contributed by atoms with Crippen LogP contribution >= 0.6 is 0 Å². The van der Waals surface area contributed by atoms with E-state index in [1.54, 1.807) is 6.20 Å². The molecule has 2 aromatic rings. The average molecular weight is 287 g/mol. The lowest BCUT2D eigenvalue weighted by atomic mass is 9.90. The van der Waals surface area contributed by atoms with Gasteiger partial charge in [0.05, 0.1) is 6.20 Å². The van der Waals surface area contributed by atoms with E-state index in [0.717, 1.165) is 5.56 Å². The first-order chi connectivity index (χ1) is 10.2. The lowest BCUT2D eigenvalue weighted by molar-refractivity contribution is -0.124. The molecule has 2 heterocycles. The number of benzene rings is 1. The zero-order valence-electron chi connectivity index (χ0n) is 11.5. The number of hydrogen-bond acceptors (Lipinski definition) is 5. The quantitative estimate of drug-likeness (QED) is 0.898. The van der Waals surface area contributed by atoms with Gasteiger partial charge in [-0.15, -0.1) is 0 Å². The van der Waals surface area contributed by atoms with Gasteiger partial charge in [0.1, 0.15) is 5.54 Å². The molecule has 1 aromatic carbocycles. The van der Waals surface area contributed by atoms with E-state index in [1.165, 1.54) is 6.39 Å². The molecule has 1 amide bonds. The number of nitrogens with two attached hydrogens (primary N) is 1. The highest BCUT2D eigenvalue weighted by molar-refractivity contribution is 5.98. The maximum absolute atomic E-state index is 12.3. The highest BCUT2D eigenvalue weighted by Crippen LogP contribution is 2.23. The number of nitrogens with one attached hydrogen (secondary N) is 1. The number of carbonyl (C=O) groups is 1. The number of rotatable bonds is 3. The molecule has 0 spiro atoms. The van der Waals surface area contributed by atoms with Crippen molar-refractivity contribution >= 4 is 11.6 Å². The van der Waals surface area contributed by atoms with Crippen LogP contribution in [-0.4, -0.2) is 29.6 Å². The van der Waals surface area contributed by atoms with Gasteiger partial charge in [0.25, 0.3) is 0 Å². The molecule has 110 valence electrons. The molecule has 3 rings (SSSR count). The summed E-state index contributed by atoms with van der Waals surface area (Å²) in [6, 6.07) is 7.36. The van der Waals surface area contributed by atoms with Crippen molar-refractivity contribution < 1.29 is 13.9 Å². The Kier molecular flexibility index (Phi) is 3.72. The molecule has 3 N–H and O–H groups in total. The van der Waals surface area contributed by atoms with Crippen molar-refractivity contribution in [2.24, 2.45) is 5.73 Å². The van der Waals surface area contributed by atoms with Crippen LogP contribution in [0.5, 0.6) is 0 Å². The zero-order chi connectivity index (χ0) is 14.7. The van der Waals surface area contributed by atoms with E-state index in [9.17, 15) is 4.79 Å². The molecule has 6 heteroatoms. The van der Waals surface area contributed by atoms with E-state index in [1.807, 2.05) is 24.3 Å². The second-order valence-electron chi connectivity index (χ2n) is 5.17. The summed E-state index contributed by atoms with van der Waals surface area (Å²) in [5.41, 5.74) is 6.91. The Hall–Kier alpha value is -2.18. The topological polar surface area (TPSA) is 90.4 Å². The predicted octanol–water partition coefficient (Wildman–Crippen LogP) is 1.79. The third-order valence-electron chi connectivity index (χ3n) is 3.70. The minimum Gasteiger partial charge on any atom is -0.444 e. The summed E-state index contributed by atoms with van der Waals surface area (Å²) in [5, 5.41) is 2.86. The van der Waals surface area contributed by atoms with Gasteiger partial charge in [-0.1, -0.05) is 0 Å². The zero-order valence-corrected chi connectivity index (χ0v) is 11.5. The first-order valence-electron chi connectivity index (χ1n) is 6.84. The van der Waals surface area contributed by atoms with Crippen LogP contribution in [0.2, 0.25) is 0 Å². The molecule has 0 aliphatic carbocycles. The van der Waals surface area contributed by atoms with Crippen LogP contribution in [0.25, 0.3) is 11.3 Å². The number of anilines is 1. The number of ether oxygens (including phenoxy) is 1. The highest BCUT2D eigenvalue weighted by atomic mass is 16.5. The maximum Gasteiger partial charge on any atom is 0.244 e. The van der Waals surface area contributed by atoms with Crippen molar-refractivity contribution in [1.29, 1.82) is 0 Å². The van der Waals surface area contributed by atoms with Gasteiger partial charge in [-0.2, -0.15) is 0 Å². The first kappa shape index (κ1) is 13.8.